The first kappa shape index (κ1) is 13.0. The topological polar surface area (TPSA) is 44.8 Å². The van der Waals surface area contributed by atoms with E-state index in [4.69, 9.17) is 9.47 Å². The van der Waals surface area contributed by atoms with Crippen LogP contribution in [0.25, 0.3) is 0 Å². The highest BCUT2D eigenvalue weighted by atomic mass is 19.1. The standard InChI is InChI=1S/C15H15FO4/c1-10(17)18-8-12(16)7-15(4-5-15)11-2-3-13-14(6-11)20-9-19-13/h2-3,6-7H,4-5,8-9H2,1H3/b12-7-. The highest BCUT2D eigenvalue weighted by Gasteiger charge is 2.43. The van der Waals surface area contributed by atoms with E-state index >= 15 is 0 Å². The molecule has 106 valence electrons. The van der Waals surface area contributed by atoms with Crippen molar-refractivity contribution in [2.75, 3.05) is 13.4 Å². The van der Waals surface area contributed by atoms with Crippen LogP contribution in [0.15, 0.2) is 30.1 Å². The fourth-order valence-corrected chi connectivity index (χ4v) is 2.37. The summed E-state index contributed by atoms with van der Waals surface area (Å²) in [7, 11) is 0. The van der Waals surface area contributed by atoms with Crippen LogP contribution in [0.4, 0.5) is 4.39 Å². The summed E-state index contributed by atoms with van der Waals surface area (Å²) in [5.41, 5.74) is 0.699. The quantitative estimate of drug-likeness (QED) is 0.794. The third-order valence-corrected chi connectivity index (χ3v) is 3.58. The number of benzene rings is 1. The summed E-state index contributed by atoms with van der Waals surface area (Å²) in [5.74, 6) is 0.508. The molecule has 3 rings (SSSR count). The van der Waals surface area contributed by atoms with Crippen LogP contribution in [0.1, 0.15) is 25.3 Å². The van der Waals surface area contributed by atoms with Gasteiger partial charge in [0.15, 0.2) is 11.5 Å². The molecule has 0 atom stereocenters. The Balaban J connectivity index is 1.78. The lowest BCUT2D eigenvalue weighted by Crippen LogP contribution is -2.06. The van der Waals surface area contributed by atoms with Crippen LogP contribution in [0.2, 0.25) is 0 Å². The van der Waals surface area contributed by atoms with Gasteiger partial charge >= 0.3 is 5.97 Å². The Bertz CT molecular complexity index is 575. The fourth-order valence-electron chi connectivity index (χ4n) is 2.37. The predicted molar refractivity (Wildman–Crippen MR) is 69.3 cm³/mol. The lowest BCUT2D eigenvalue weighted by molar-refractivity contribution is -0.140. The van der Waals surface area contributed by atoms with Gasteiger partial charge in [0, 0.05) is 12.3 Å². The molecule has 0 N–H and O–H groups in total. The molecule has 4 nitrogen and oxygen atoms in total. The smallest absolute Gasteiger partial charge is 0.303 e. The molecular formula is C15H15FO4. The molecule has 5 heteroatoms. The van der Waals surface area contributed by atoms with Gasteiger partial charge in [0.25, 0.3) is 0 Å². The normalized spacial score (nSPS) is 18.8. The largest absolute Gasteiger partial charge is 0.459 e. The molecule has 1 heterocycles. The van der Waals surface area contributed by atoms with Crippen molar-refractivity contribution in [2.24, 2.45) is 0 Å². The van der Waals surface area contributed by atoms with E-state index in [1.807, 2.05) is 18.2 Å². The van der Waals surface area contributed by atoms with Crippen LogP contribution in [0.5, 0.6) is 11.5 Å². The molecule has 20 heavy (non-hydrogen) atoms. The van der Waals surface area contributed by atoms with Gasteiger partial charge in [-0.1, -0.05) is 6.07 Å². The summed E-state index contributed by atoms with van der Waals surface area (Å²) in [6.07, 6.45) is 3.30. The third kappa shape index (κ3) is 2.48. The van der Waals surface area contributed by atoms with Crippen LogP contribution >= 0.6 is 0 Å². The van der Waals surface area contributed by atoms with E-state index in [1.165, 1.54) is 6.92 Å². The molecule has 1 aromatic carbocycles. The zero-order chi connectivity index (χ0) is 14.2. The molecule has 1 aliphatic heterocycles. The number of ether oxygens (including phenoxy) is 3. The highest BCUT2D eigenvalue weighted by molar-refractivity contribution is 5.66. The van der Waals surface area contributed by atoms with Crippen LogP contribution < -0.4 is 9.47 Å². The summed E-state index contributed by atoms with van der Waals surface area (Å²) in [6, 6.07) is 5.66. The Hall–Kier alpha value is -2.04. The second kappa shape index (κ2) is 4.81. The van der Waals surface area contributed by atoms with E-state index in [0.29, 0.717) is 11.5 Å². The molecule has 2 aliphatic rings. The number of halogens is 1. The zero-order valence-electron chi connectivity index (χ0n) is 11.1. The van der Waals surface area contributed by atoms with Gasteiger partial charge in [-0.25, -0.2) is 4.39 Å². The first-order chi connectivity index (χ1) is 9.59. The van der Waals surface area contributed by atoms with Crippen molar-refractivity contribution in [3.8, 4) is 11.5 Å². The van der Waals surface area contributed by atoms with Crippen LogP contribution in [0, 0.1) is 0 Å². The molecule has 0 radical (unpaired) electrons. The lowest BCUT2D eigenvalue weighted by atomic mass is 9.95. The van der Waals surface area contributed by atoms with Crippen molar-refractivity contribution in [3.05, 3.63) is 35.7 Å². The summed E-state index contributed by atoms with van der Waals surface area (Å²) in [6.45, 7) is 1.18. The van der Waals surface area contributed by atoms with Gasteiger partial charge < -0.3 is 14.2 Å². The maximum atomic E-state index is 13.8. The Morgan fingerprint density at radius 2 is 2.15 bits per heavy atom. The van der Waals surface area contributed by atoms with Gasteiger partial charge in [-0.3, -0.25) is 4.79 Å². The number of allylic oxidation sites excluding steroid dienone is 1. The minimum atomic E-state index is -0.485. The van der Waals surface area contributed by atoms with Crippen molar-refractivity contribution >= 4 is 5.97 Å². The number of fused-ring (bicyclic) bond motifs is 1. The molecule has 0 amide bonds. The van der Waals surface area contributed by atoms with Gasteiger partial charge in [0.2, 0.25) is 6.79 Å². The molecule has 0 bridgehead atoms. The summed E-state index contributed by atoms with van der Waals surface area (Å²) in [5, 5.41) is 0. The first-order valence-electron chi connectivity index (χ1n) is 6.50. The van der Waals surface area contributed by atoms with Gasteiger partial charge in [0.05, 0.1) is 0 Å². The second-order valence-electron chi connectivity index (χ2n) is 5.10. The Morgan fingerprint density at radius 3 is 2.85 bits per heavy atom. The summed E-state index contributed by atoms with van der Waals surface area (Å²) in [4.78, 5) is 10.7. The van der Waals surface area contributed by atoms with E-state index in [9.17, 15) is 9.18 Å². The van der Waals surface area contributed by atoms with E-state index in [-0.39, 0.29) is 18.8 Å². The van der Waals surface area contributed by atoms with E-state index in [2.05, 4.69) is 4.74 Å². The van der Waals surface area contributed by atoms with Gasteiger partial charge in [-0.15, -0.1) is 0 Å². The van der Waals surface area contributed by atoms with Gasteiger partial charge in [0.1, 0.15) is 12.4 Å². The van der Waals surface area contributed by atoms with Crippen LogP contribution in [-0.2, 0) is 14.9 Å². The maximum Gasteiger partial charge on any atom is 0.303 e. The molecule has 0 spiro atoms. The molecule has 1 aliphatic carbocycles. The lowest BCUT2D eigenvalue weighted by Gasteiger charge is -2.12. The maximum absolute atomic E-state index is 13.8. The number of carbonyl (C=O) groups excluding carboxylic acids is 1. The average molecular weight is 278 g/mol. The molecule has 1 fully saturated rings. The van der Waals surface area contributed by atoms with Crippen LogP contribution in [-0.4, -0.2) is 19.4 Å². The van der Waals surface area contributed by atoms with Crippen molar-refractivity contribution in [1.29, 1.82) is 0 Å². The van der Waals surface area contributed by atoms with Gasteiger partial charge in [-0.05, 0) is 36.6 Å². The Morgan fingerprint density at radius 1 is 1.40 bits per heavy atom. The second-order valence-corrected chi connectivity index (χ2v) is 5.10. The first-order valence-corrected chi connectivity index (χ1v) is 6.50. The molecule has 0 aromatic heterocycles. The zero-order valence-corrected chi connectivity index (χ0v) is 11.1. The molecular weight excluding hydrogens is 263 g/mol. The summed E-state index contributed by atoms with van der Waals surface area (Å²) >= 11 is 0. The predicted octanol–water partition coefficient (Wildman–Crippen LogP) is 2.86. The van der Waals surface area contributed by atoms with Crippen molar-refractivity contribution in [2.45, 2.75) is 25.2 Å². The minimum Gasteiger partial charge on any atom is -0.459 e. The number of hydrogen-bond donors (Lipinski definition) is 0. The number of carbonyl (C=O) groups is 1. The van der Waals surface area contributed by atoms with Gasteiger partial charge in [-0.2, -0.15) is 0 Å². The third-order valence-electron chi connectivity index (χ3n) is 3.58. The van der Waals surface area contributed by atoms with Crippen LogP contribution in [0.3, 0.4) is 0 Å². The van der Waals surface area contributed by atoms with Crippen molar-refractivity contribution < 1.29 is 23.4 Å². The monoisotopic (exact) mass is 278 g/mol. The Labute approximate surface area is 116 Å². The molecule has 0 unspecified atom stereocenters. The minimum absolute atomic E-state index is 0.225. The molecule has 1 aromatic rings. The number of rotatable bonds is 4. The Kier molecular flexibility index (Phi) is 3.12. The highest BCUT2D eigenvalue weighted by Crippen LogP contribution is 2.52. The molecule has 1 saturated carbocycles. The average Bonchev–Trinajstić information content (AvgIpc) is 3.03. The van der Waals surface area contributed by atoms with E-state index in [0.717, 1.165) is 18.4 Å². The SMILES string of the molecule is CC(=O)OC/C(F)=C/C1(c2ccc3c(c2)OCO3)CC1. The van der Waals surface area contributed by atoms with E-state index < -0.39 is 11.8 Å². The van der Waals surface area contributed by atoms with E-state index in [1.54, 1.807) is 6.08 Å². The molecule has 0 saturated heterocycles. The fraction of sp³-hybridized carbons (Fsp3) is 0.400. The summed E-state index contributed by atoms with van der Waals surface area (Å²) < 4.78 is 29.1. The number of esters is 1. The van der Waals surface area contributed by atoms with Crippen molar-refractivity contribution in [1.82, 2.24) is 0 Å². The number of hydrogen-bond acceptors (Lipinski definition) is 4. The van der Waals surface area contributed by atoms with Crippen molar-refractivity contribution in [3.63, 3.8) is 0 Å².